The second-order valence-electron chi connectivity index (χ2n) is 6.39. The van der Waals surface area contributed by atoms with Crippen LogP contribution in [0.5, 0.6) is 0 Å². The molecule has 138 valence electrons. The average Bonchev–Trinajstić information content (AvgIpc) is 2.66. The molecule has 0 aliphatic carbocycles. The Balaban J connectivity index is 1.62. The van der Waals surface area contributed by atoms with Gasteiger partial charge >= 0.3 is 0 Å². The van der Waals surface area contributed by atoms with Crippen molar-refractivity contribution >= 4 is 0 Å². The van der Waals surface area contributed by atoms with E-state index in [1.54, 1.807) is 24.5 Å². The molecular formula is C19H15F3N4O. The Bertz CT molecular complexity index is 1050. The third-order valence-corrected chi connectivity index (χ3v) is 4.59. The third kappa shape index (κ3) is 3.48. The molecule has 1 aliphatic heterocycles. The maximum atomic E-state index is 13.9. The van der Waals surface area contributed by atoms with Gasteiger partial charge in [-0.25, -0.2) is 18.2 Å². The number of aromatic nitrogens is 3. The lowest BCUT2D eigenvalue weighted by Gasteiger charge is -2.27. The second kappa shape index (κ2) is 6.96. The van der Waals surface area contributed by atoms with E-state index in [0.29, 0.717) is 42.7 Å². The summed E-state index contributed by atoms with van der Waals surface area (Å²) in [7, 11) is 0. The molecule has 0 saturated heterocycles. The van der Waals surface area contributed by atoms with Crippen LogP contribution in [0.1, 0.15) is 16.8 Å². The molecule has 0 spiro atoms. The van der Waals surface area contributed by atoms with Gasteiger partial charge in [-0.2, -0.15) is 0 Å². The molecule has 4 rings (SSSR count). The van der Waals surface area contributed by atoms with Crippen molar-refractivity contribution in [3.8, 4) is 11.4 Å². The smallest absolute Gasteiger partial charge is 0.254 e. The highest BCUT2D eigenvalue weighted by atomic mass is 19.2. The minimum absolute atomic E-state index is 0.0662. The van der Waals surface area contributed by atoms with Crippen LogP contribution < -0.4 is 5.56 Å². The van der Waals surface area contributed by atoms with Crippen LogP contribution >= 0.6 is 0 Å². The van der Waals surface area contributed by atoms with E-state index in [1.807, 2.05) is 4.90 Å². The molecule has 0 saturated carbocycles. The molecule has 3 aromatic rings. The average molecular weight is 372 g/mol. The molecule has 0 fully saturated rings. The number of nitrogens with zero attached hydrogens (tertiary/aromatic N) is 3. The minimum atomic E-state index is -1.21. The number of H-pyrrole nitrogens is 1. The van der Waals surface area contributed by atoms with Gasteiger partial charge in [-0.1, -0.05) is 0 Å². The van der Waals surface area contributed by atoms with E-state index < -0.39 is 17.5 Å². The topological polar surface area (TPSA) is 61.9 Å². The van der Waals surface area contributed by atoms with Crippen molar-refractivity contribution < 1.29 is 13.2 Å². The van der Waals surface area contributed by atoms with Crippen molar-refractivity contribution in [3.63, 3.8) is 0 Å². The Morgan fingerprint density at radius 1 is 1.07 bits per heavy atom. The fourth-order valence-electron chi connectivity index (χ4n) is 3.20. The second-order valence-corrected chi connectivity index (χ2v) is 6.39. The van der Waals surface area contributed by atoms with Crippen LogP contribution in [0, 0.1) is 17.5 Å². The Hall–Kier alpha value is -3.00. The molecule has 8 heteroatoms. The Kier molecular flexibility index (Phi) is 4.49. The predicted molar refractivity (Wildman–Crippen MR) is 92.2 cm³/mol. The summed E-state index contributed by atoms with van der Waals surface area (Å²) in [6, 6.07) is 4.89. The van der Waals surface area contributed by atoms with Crippen molar-refractivity contribution in [2.45, 2.75) is 19.5 Å². The molecule has 0 bridgehead atoms. The molecule has 0 atom stereocenters. The summed E-state index contributed by atoms with van der Waals surface area (Å²) >= 11 is 0. The lowest BCUT2D eigenvalue weighted by molar-refractivity contribution is 0.236. The molecule has 5 nitrogen and oxygen atoms in total. The van der Waals surface area contributed by atoms with Crippen molar-refractivity contribution in [1.29, 1.82) is 0 Å². The lowest BCUT2D eigenvalue weighted by atomic mass is 10.0. The first-order valence-corrected chi connectivity index (χ1v) is 8.39. The SMILES string of the molecule is O=c1[nH]c(-c2ccncc2)nc2c1CCN(Cc1cc(F)c(F)cc1F)C2. The predicted octanol–water partition coefficient (Wildman–Crippen LogP) is 2.81. The highest BCUT2D eigenvalue weighted by Gasteiger charge is 2.23. The number of fused-ring (bicyclic) bond motifs is 1. The zero-order chi connectivity index (χ0) is 19.0. The van der Waals surface area contributed by atoms with Crippen molar-refractivity contribution in [2.24, 2.45) is 0 Å². The van der Waals surface area contributed by atoms with Gasteiger partial charge in [0.05, 0.1) is 5.69 Å². The van der Waals surface area contributed by atoms with E-state index in [2.05, 4.69) is 15.0 Å². The number of rotatable bonds is 3. The molecule has 1 aliphatic rings. The van der Waals surface area contributed by atoms with E-state index in [0.717, 1.165) is 11.6 Å². The molecule has 1 N–H and O–H groups in total. The van der Waals surface area contributed by atoms with Crippen LogP contribution in [0.25, 0.3) is 11.4 Å². The summed E-state index contributed by atoms with van der Waals surface area (Å²) in [5.41, 5.74) is 1.78. The van der Waals surface area contributed by atoms with Gasteiger partial charge in [0.2, 0.25) is 0 Å². The standard InChI is InChI=1S/C19H15F3N4O/c20-14-8-16(22)15(21)7-12(14)9-26-6-3-13-17(10-26)24-18(25-19(13)27)11-1-4-23-5-2-11/h1-2,4-5,7-8H,3,6,9-10H2,(H,24,25,27). The zero-order valence-corrected chi connectivity index (χ0v) is 14.2. The van der Waals surface area contributed by atoms with Crippen molar-refractivity contribution in [1.82, 2.24) is 19.9 Å². The Labute approximate surface area is 152 Å². The first-order chi connectivity index (χ1) is 13.0. The van der Waals surface area contributed by atoms with Gasteiger partial charge < -0.3 is 4.98 Å². The summed E-state index contributed by atoms with van der Waals surface area (Å²) in [6.45, 7) is 0.905. The first-order valence-electron chi connectivity index (χ1n) is 8.39. The van der Waals surface area contributed by atoms with Gasteiger partial charge in [0, 0.05) is 54.8 Å². The van der Waals surface area contributed by atoms with Crippen LogP contribution in [-0.4, -0.2) is 26.4 Å². The van der Waals surface area contributed by atoms with Gasteiger partial charge in [-0.05, 0) is 24.6 Å². The molecule has 3 heterocycles. The van der Waals surface area contributed by atoms with E-state index in [9.17, 15) is 18.0 Å². The number of halogens is 3. The molecule has 2 aromatic heterocycles. The summed E-state index contributed by atoms with van der Waals surface area (Å²) in [5, 5.41) is 0. The summed E-state index contributed by atoms with van der Waals surface area (Å²) in [4.78, 5) is 25.5. The quantitative estimate of drug-likeness (QED) is 0.719. The van der Waals surface area contributed by atoms with Crippen LogP contribution in [0.3, 0.4) is 0 Å². The highest BCUT2D eigenvalue weighted by Crippen LogP contribution is 2.21. The van der Waals surface area contributed by atoms with Crippen molar-refractivity contribution in [2.75, 3.05) is 6.54 Å². The largest absolute Gasteiger partial charge is 0.306 e. The van der Waals surface area contributed by atoms with E-state index in [-0.39, 0.29) is 17.7 Å². The van der Waals surface area contributed by atoms with Crippen LogP contribution in [0.4, 0.5) is 13.2 Å². The van der Waals surface area contributed by atoms with Crippen LogP contribution in [0.2, 0.25) is 0 Å². The number of pyridine rings is 1. The third-order valence-electron chi connectivity index (χ3n) is 4.59. The highest BCUT2D eigenvalue weighted by molar-refractivity contribution is 5.54. The van der Waals surface area contributed by atoms with Gasteiger partial charge in [-0.15, -0.1) is 0 Å². The molecule has 0 amide bonds. The van der Waals surface area contributed by atoms with E-state index in [1.165, 1.54) is 0 Å². The number of hydrogen-bond acceptors (Lipinski definition) is 4. The lowest BCUT2D eigenvalue weighted by Crippen LogP contribution is -2.35. The molecule has 0 unspecified atom stereocenters. The van der Waals surface area contributed by atoms with E-state index in [4.69, 9.17) is 0 Å². The Morgan fingerprint density at radius 3 is 2.59 bits per heavy atom. The van der Waals surface area contributed by atoms with Gasteiger partial charge in [-0.3, -0.25) is 14.7 Å². The zero-order valence-electron chi connectivity index (χ0n) is 14.2. The van der Waals surface area contributed by atoms with Crippen LogP contribution in [-0.2, 0) is 19.5 Å². The summed E-state index contributed by atoms with van der Waals surface area (Å²) < 4.78 is 40.4. The number of nitrogens with one attached hydrogen (secondary N) is 1. The minimum Gasteiger partial charge on any atom is -0.306 e. The molecule has 27 heavy (non-hydrogen) atoms. The first kappa shape index (κ1) is 17.4. The van der Waals surface area contributed by atoms with Gasteiger partial charge in [0.1, 0.15) is 11.6 Å². The summed E-state index contributed by atoms with van der Waals surface area (Å²) in [6.07, 6.45) is 3.65. The van der Waals surface area contributed by atoms with E-state index >= 15 is 0 Å². The number of hydrogen-bond donors (Lipinski definition) is 1. The molecule has 0 radical (unpaired) electrons. The van der Waals surface area contributed by atoms with Gasteiger partial charge in [0.15, 0.2) is 11.6 Å². The normalized spacial score (nSPS) is 14.2. The summed E-state index contributed by atoms with van der Waals surface area (Å²) in [5.74, 6) is -2.66. The van der Waals surface area contributed by atoms with Crippen molar-refractivity contribution in [3.05, 3.63) is 81.3 Å². The molecule has 1 aromatic carbocycles. The maximum Gasteiger partial charge on any atom is 0.254 e. The fraction of sp³-hybridized carbons (Fsp3) is 0.211. The van der Waals surface area contributed by atoms with Gasteiger partial charge in [0.25, 0.3) is 5.56 Å². The number of benzene rings is 1. The maximum absolute atomic E-state index is 13.9. The molecular weight excluding hydrogens is 357 g/mol. The number of aromatic amines is 1. The fourth-order valence-corrected chi connectivity index (χ4v) is 3.20. The Morgan fingerprint density at radius 2 is 1.81 bits per heavy atom. The monoisotopic (exact) mass is 372 g/mol. The van der Waals surface area contributed by atoms with Crippen LogP contribution in [0.15, 0.2) is 41.5 Å².